The van der Waals surface area contributed by atoms with Crippen LogP contribution in [0, 0.1) is 23.2 Å². The summed E-state index contributed by atoms with van der Waals surface area (Å²) in [6.45, 7) is 1.71. The zero-order valence-electron chi connectivity index (χ0n) is 18.0. The number of rotatable bonds is 7. The lowest BCUT2D eigenvalue weighted by molar-refractivity contribution is -0.123. The van der Waals surface area contributed by atoms with Gasteiger partial charge >= 0.3 is 0 Å². The fraction of sp³-hybridized carbons (Fsp3) is 0.208. The van der Waals surface area contributed by atoms with E-state index in [1.165, 1.54) is 16.3 Å². The van der Waals surface area contributed by atoms with Crippen molar-refractivity contribution in [3.63, 3.8) is 0 Å². The summed E-state index contributed by atoms with van der Waals surface area (Å²) in [7, 11) is 1.60. The minimum Gasteiger partial charge on any atom is -0.497 e. The van der Waals surface area contributed by atoms with Crippen LogP contribution in [0.2, 0.25) is 0 Å². The van der Waals surface area contributed by atoms with E-state index in [1.807, 2.05) is 41.8 Å². The molecule has 0 aliphatic carbocycles. The van der Waals surface area contributed by atoms with E-state index in [-0.39, 0.29) is 5.91 Å². The monoisotopic (exact) mass is 459 g/mol. The highest BCUT2D eigenvalue weighted by Gasteiger charge is 2.46. The van der Waals surface area contributed by atoms with Crippen molar-refractivity contribution in [1.82, 2.24) is 4.98 Å². The zero-order chi connectivity index (χ0) is 23.5. The fourth-order valence-electron chi connectivity index (χ4n) is 3.96. The second kappa shape index (κ2) is 9.22. The van der Waals surface area contributed by atoms with Crippen LogP contribution in [0.4, 0.5) is 5.13 Å². The topological polar surface area (TPSA) is 122 Å². The van der Waals surface area contributed by atoms with Crippen molar-refractivity contribution in [1.29, 1.82) is 5.26 Å². The van der Waals surface area contributed by atoms with Crippen molar-refractivity contribution in [3.05, 3.63) is 65.5 Å². The quantitative estimate of drug-likeness (QED) is 0.579. The molecule has 4 rings (SSSR count). The van der Waals surface area contributed by atoms with Gasteiger partial charge in [-0.25, -0.2) is 4.98 Å². The number of hydrogen-bond donors (Lipinski definition) is 1. The molecule has 3 atom stereocenters. The smallest absolute Gasteiger partial charge is 0.259 e. The van der Waals surface area contributed by atoms with Gasteiger partial charge in [0.2, 0.25) is 11.0 Å². The van der Waals surface area contributed by atoms with Crippen molar-refractivity contribution in [2.24, 2.45) is 22.7 Å². The fourth-order valence-corrected chi connectivity index (χ4v) is 4.75. The molecule has 2 aromatic carbocycles. The van der Waals surface area contributed by atoms with Gasteiger partial charge in [-0.05, 0) is 36.8 Å². The molecule has 0 fully saturated rings. The van der Waals surface area contributed by atoms with Crippen LogP contribution in [-0.2, 0) is 9.59 Å². The molecule has 0 radical (unpaired) electrons. The number of hydrazone groups is 1. The van der Waals surface area contributed by atoms with Crippen molar-refractivity contribution < 1.29 is 14.3 Å². The van der Waals surface area contributed by atoms with Gasteiger partial charge in [0.1, 0.15) is 11.7 Å². The van der Waals surface area contributed by atoms with Gasteiger partial charge in [0.15, 0.2) is 0 Å². The van der Waals surface area contributed by atoms with Crippen LogP contribution in [0.15, 0.2) is 65.1 Å². The Morgan fingerprint density at radius 2 is 1.91 bits per heavy atom. The molecule has 2 N–H and O–H groups in total. The first kappa shape index (κ1) is 22.2. The summed E-state index contributed by atoms with van der Waals surface area (Å²) in [5.74, 6) is -3.13. The number of primary amides is 1. The molecule has 166 valence electrons. The maximum absolute atomic E-state index is 13.5. The second-order valence-corrected chi connectivity index (χ2v) is 8.40. The molecule has 0 spiro atoms. The van der Waals surface area contributed by atoms with Crippen LogP contribution in [-0.4, -0.2) is 29.6 Å². The largest absolute Gasteiger partial charge is 0.497 e. The number of carbonyl (C=O) groups excluding carboxylic acids is 2. The second-order valence-electron chi connectivity index (χ2n) is 7.56. The molecule has 1 aliphatic heterocycles. The molecule has 8 nitrogen and oxygen atoms in total. The highest BCUT2D eigenvalue weighted by Crippen LogP contribution is 2.39. The first-order valence-electron chi connectivity index (χ1n) is 10.2. The molecule has 9 heteroatoms. The average molecular weight is 460 g/mol. The van der Waals surface area contributed by atoms with Gasteiger partial charge in [0.05, 0.1) is 24.8 Å². The summed E-state index contributed by atoms with van der Waals surface area (Å²) in [6.07, 6.45) is 0. The Labute approximate surface area is 194 Å². The predicted octanol–water partition coefficient (Wildman–Crippen LogP) is 3.57. The normalized spacial score (nSPS) is 17.2. The summed E-state index contributed by atoms with van der Waals surface area (Å²) in [4.78, 5) is 30.2. The van der Waals surface area contributed by atoms with Crippen molar-refractivity contribution in [2.45, 2.75) is 12.8 Å². The van der Waals surface area contributed by atoms with Gasteiger partial charge < -0.3 is 10.5 Å². The molecule has 33 heavy (non-hydrogen) atoms. The van der Waals surface area contributed by atoms with Gasteiger partial charge in [0.25, 0.3) is 5.91 Å². The molecule has 0 unspecified atom stereocenters. The molecule has 2 heterocycles. The number of carbonyl (C=O) groups is 2. The zero-order valence-corrected chi connectivity index (χ0v) is 18.8. The van der Waals surface area contributed by atoms with Gasteiger partial charge in [-0.15, -0.1) is 11.3 Å². The summed E-state index contributed by atoms with van der Waals surface area (Å²) in [5, 5.41) is 17.6. The van der Waals surface area contributed by atoms with Crippen LogP contribution in [0.3, 0.4) is 0 Å². The molecular formula is C24H21N5O3S. The summed E-state index contributed by atoms with van der Waals surface area (Å²) in [5.41, 5.74) is 8.29. The number of methoxy groups -OCH3 is 1. The molecule has 0 bridgehead atoms. The number of thiazole rings is 1. The summed E-state index contributed by atoms with van der Waals surface area (Å²) < 4.78 is 5.19. The number of ether oxygens (including phenoxy) is 1. The molecule has 0 saturated heterocycles. The number of nitrogens with two attached hydrogens (primary N) is 1. The van der Waals surface area contributed by atoms with Crippen LogP contribution < -0.4 is 15.5 Å². The van der Waals surface area contributed by atoms with Crippen LogP contribution in [0.25, 0.3) is 11.3 Å². The van der Waals surface area contributed by atoms with E-state index in [2.05, 4.69) is 10.1 Å². The molecular weight excluding hydrogens is 438 g/mol. The summed E-state index contributed by atoms with van der Waals surface area (Å²) in [6, 6.07) is 18.4. The van der Waals surface area contributed by atoms with E-state index in [1.54, 1.807) is 38.3 Å². The van der Waals surface area contributed by atoms with Crippen molar-refractivity contribution in [2.75, 3.05) is 12.1 Å². The highest BCUT2D eigenvalue weighted by atomic mass is 32.1. The van der Waals surface area contributed by atoms with Crippen LogP contribution in [0.5, 0.6) is 5.75 Å². The number of aromatic nitrogens is 1. The van der Waals surface area contributed by atoms with Gasteiger partial charge in [-0.2, -0.15) is 15.4 Å². The lowest BCUT2D eigenvalue weighted by atomic mass is 9.75. The standard InChI is InChI=1S/C24H21N5O3S/c1-14-20(21(18(12-25)22(26)30)16-6-4-3-5-7-16)23(31)29(28-14)24-27-19(13-33-24)15-8-10-17(32-2)11-9-15/h3-11,13,18,20-21H,1-2H3,(H2,26,30)/t18-,20+,21-/m0/s1. The molecule has 1 aromatic heterocycles. The third-order valence-corrected chi connectivity index (χ3v) is 6.41. The third kappa shape index (κ3) is 4.21. The van der Waals surface area contributed by atoms with E-state index >= 15 is 0 Å². The Morgan fingerprint density at radius 1 is 1.21 bits per heavy atom. The van der Waals surface area contributed by atoms with Gasteiger partial charge in [-0.3, -0.25) is 9.59 Å². The average Bonchev–Trinajstić information content (AvgIpc) is 3.42. The molecule has 3 aromatic rings. The maximum atomic E-state index is 13.5. The minimum atomic E-state index is -1.18. The highest BCUT2D eigenvalue weighted by molar-refractivity contribution is 7.14. The number of anilines is 1. The maximum Gasteiger partial charge on any atom is 0.259 e. The van der Waals surface area contributed by atoms with E-state index in [9.17, 15) is 14.9 Å². The van der Waals surface area contributed by atoms with Crippen molar-refractivity contribution in [3.8, 4) is 23.1 Å². The lowest BCUT2D eigenvalue weighted by Gasteiger charge is -2.25. The lowest BCUT2D eigenvalue weighted by Crippen LogP contribution is -2.38. The van der Waals surface area contributed by atoms with E-state index in [4.69, 9.17) is 10.5 Å². The third-order valence-electron chi connectivity index (χ3n) is 5.59. The van der Waals surface area contributed by atoms with Gasteiger partial charge in [-0.1, -0.05) is 30.3 Å². The SMILES string of the molecule is COc1ccc(-c2csc(N3N=C(C)[C@H]([C@@H](c4ccccc4)[C@H](C#N)C(N)=O)C3=O)n2)cc1. The van der Waals surface area contributed by atoms with E-state index < -0.39 is 23.7 Å². The predicted molar refractivity (Wildman–Crippen MR) is 126 cm³/mol. The number of hydrogen-bond acceptors (Lipinski definition) is 7. The number of amides is 2. The Bertz CT molecular complexity index is 1250. The minimum absolute atomic E-state index is 0.349. The molecule has 1 aliphatic rings. The van der Waals surface area contributed by atoms with Crippen LogP contribution >= 0.6 is 11.3 Å². The summed E-state index contributed by atoms with van der Waals surface area (Å²) >= 11 is 1.29. The van der Waals surface area contributed by atoms with E-state index in [0.29, 0.717) is 22.1 Å². The number of nitrogens with zero attached hydrogens (tertiary/aromatic N) is 4. The Balaban J connectivity index is 1.67. The Morgan fingerprint density at radius 3 is 2.52 bits per heavy atom. The van der Waals surface area contributed by atoms with E-state index in [0.717, 1.165) is 11.3 Å². The Hall–Kier alpha value is -4.03. The number of nitriles is 1. The van der Waals surface area contributed by atoms with Crippen LogP contribution in [0.1, 0.15) is 18.4 Å². The van der Waals surface area contributed by atoms with Crippen molar-refractivity contribution >= 4 is 34.0 Å². The first-order valence-corrected chi connectivity index (χ1v) is 11.1. The Kier molecular flexibility index (Phi) is 6.20. The van der Waals surface area contributed by atoms with Gasteiger partial charge in [0, 0.05) is 22.6 Å². The molecule has 2 amide bonds. The molecule has 0 saturated carbocycles. The number of benzene rings is 2. The first-order chi connectivity index (χ1) is 15.9.